The van der Waals surface area contributed by atoms with Gasteiger partial charge in [-0.2, -0.15) is 0 Å². The van der Waals surface area contributed by atoms with Gasteiger partial charge in [0.25, 0.3) is 0 Å². The Hall–Kier alpha value is -1.19. The topological polar surface area (TPSA) is 12.0 Å². The van der Waals surface area contributed by atoms with Crippen molar-refractivity contribution in [2.75, 3.05) is 6.54 Å². The summed E-state index contributed by atoms with van der Waals surface area (Å²) in [7, 11) is 0. The minimum absolute atomic E-state index is 0.0453. The third kappa shape index (κ3) is 2.98. The van der Waals surface area contributed by atoms with Crippen molar-refractivity contribution in [3.8, 4) is 0 Å². The number of nitrogens with one attached hydrogen (secondary N) is 1. The summed E-state index contributed by atoms with van der Waals surface area (Å²) in [4.78, 5) is 1.25. The fraction of sp³-hybridized carbons (Fsp3) is 0.333. The maximum absolute atomic E-state index is 13.9. The van der Waals surface area contributed by atoms with Crippen molar-refractivity contribution in [2.24, 2.45) is 0 Å². The number of thiophene rings is 1. The summed E-state index contributed by atoms with van der Waals surface area (Å²) in [6.07, 6.45) is 1.04. The number of benzene rings is 1. The van der Waals surface area contributed by atoms with Crippen LogP contribution in [-0.2, 0) is 0 Å². The summed E-state index contributed by atoms with van der Waals surface area (Å²) in [5.41, 5.74) is 1.87. The fourth-order valence-corrected chi connectivity index (χ4v) is 2.75. The molecule has 0 aliphatic rings. The zero-order chi connectivity index (χ0) is 13.0. The lowest BCUT2D eigenvalue weighted by Crippen LogP contribution is -2.23. The molecular formula is C15H18FNS. The van der Waals surface area contributed by atoms with E-state index < -0.39 is 0 Å². The Balaban J connectivity index is 2.33. The second-order valence-corrected chi connectivity index (χ2v) is 5.51. The molecule has 0 bridgehead atoms. The molecule has 0 amide bonds. The van der Waals surface area contributed by atoms with Crippen LogP contribution >= 0.6 is 11.3 Å². The zero-order valence-electron chi connectivity index (χ0n) is 10.7. The molecule has 1 aromatic carbocycles. The molecule has 0 aliphatic heterocycles. The van der Waals surface area contributed by atoms with Crippen molar-refractivity contribution in [3.63, 3.8) is 0 Å². The first-order chi connectivity index (χ1) is 8.72. The Bertz CT molecular complexity index is 507. The van der Waals surface area contributed by atoms with E-state index in [1.165, 1.54) is 10.9 Å². The second kappa shape index (κ2) is 6.12. The lowest BCUT2D eigenvalue weighted by molar-refractivity contribution is 0.547. The first kappa shape index (κ1) is 13.2. The molecule has 1 heterocycles. The van der Waals surface area contributed by atoms with Crippen LogP contribution in [0.3, 0.4) is 0 Å². The maximum Gasteiger partial charge on any atom is 0.128 e. The Labute approximate surface area is 112 Å². The monoisotopic (exact) mass is 263 g/mol. The predicted molar refractivity (Wildman–Crippen MR) is 75.6 cm³/mol. The van der Waals surface area contributed by atoms with Gasteiger partial charge in [0.1, 0.15) is 5.82 Å². The fourth-order valence-electron chi connectivity index (χ4n) is 2.02. The zero-order valence-corrected chi connectivity index (χ0v) is 11.6. The number of hydrogen-bond acceptors (Lipinski definition) is 2. The molecule has 1 aromatic heterocycles. The van der Waals surface area contributed by atoms with E-state index in [1.807, 2.05) is 12.1 Å². The van der Waals surface area contributed by atoms with Crippen LogP contribution in [0.2, 0.25) is 0 Å². The Kier molecular flexibility index (Phi) is 4.50. The highest BCUT2D eigenvalue weighted by atomic mass is 32.1. The Morgan fingerprint density at radius 1 is 1.33 bits per heavy atom. The molecular weight excluding hydrogens is 245 g/mol. The SMILES string of the molecule is CCCNC(c1csc(C)c1)c1ccccc1F. The Morgan fingerprint density at radius 3 is 2.72 bits per heavy atom. The van der Waals surface area contributed by atoms with Crippen LogP contribution < -0.4 is 5.32 Å². The number of halogens is 1. The van der Waals surface area contributed by atoms with Gasteiger partial charge < -0.3 is 5.32 Å². The summed E-state index contributed by atoms with van der Waals surface area (Å²) in [5, 5.41) is 5.53. The predicted octanol–water partition coefficient (Wildman–Crippen LogP) is 4.28. The van der Waals surface area contributed by atoms with Crippen LogP contribution in [0.15, 0.2) is 35.7 Å². The van der Waals surface area contributed by atoms with Crippen molar-refractivity contribution in [1.29, 1.82) is 0 Å². The molecule has 0 saturated heterocycles. The molecule has 3 heteroatoms. The van der Waals surface area contributed by atoms with Gasteiger partial charge in [0, 0.05) is 10.4 Å². The lowest BCUT2D eigenvalue weighted by atomic mass is 10.0. The third-order valence-corrected chi connectivity index (χ3v) is 3.78. The number of rotatable bonds is 5. The molecule has 2 aromatic rings. The van der Waals surface area contributed by atoms with Crippen molar-refractivity contribution >= 4 is 11.3 Å². The highest BCUT2D eigenvalue weighted by Gasteiger charge is 2.17. The van der Waals surface area contributed by atoms with E-state index in [-0.39, 0.29) is 11.9 Å². The highest BCUT2D eigenvalue weighted by molar-refractivity contribution is 7.10. The summed E-state index contributed by atoms with van der Waals surface area (Å²) >= 11 is 1.70. The Morgan fingerprint density at radius 2 is 2.11 bits per heavy atom. The van der Waals surface area contributed by atoms with Crippen molar-refractivity contribution in [3.05, 3.63) is 57.5 Å². The molecule has 0 radical (unpaired) electrons. The van der Waals surface area contributed by atoms with Gasteiger partial charge in [0.05, 0.1) is 6.04 Å². The number of hydrogen-bond donors (Lipinski definition) is 1. The van der Waals surface area contributed by atoms with Gasteiger partial charge >= 0.3 is 0 Å². The highest BCUT2D eigenvalue weighted by Crippen LogP contribution is 2.27. The first-order valence-corrected chi connectivity index (χ1v) is 7.13. The molecule has 18 heavy (non-hydrogen) atoms. The molecule has 1 unspecified atom stereocenters. The van der Waals surface area contributed by atoms with Crippen LogP contribution in [0.25, 0.3) is 0 Å². The molecule has 2 rings (SSSR count). The molecule has 0 fully saturated rings. The van der Waals surface area contributed by atoms with E-state index in [1.54, 1.807) is 17.4 Å². The van der Waals surface area contributed by atoms with Gasteiger partial charge in [-0.15, -0.1) is 11.3 Å². The largest absolute Gasteiger partial charge is 0.306 e. The average Bonchev–Trinajstić information content (AvgIpc) is 2.78. The first-order valence-electron chi connectivity index (χ1n) is 6.25. The molecule has 1 nitrogen and oxygen atoms in total. The van der Waals surface area contributed by atoms with Crippen LogP contribution in [-0.4, -0.2) is 6.54 Å². The maximum atomic E-state index is 13.9. The van der Waals surface area contributed by atoms with Gasteiger partial charge in [-0.1, -0.05) is 25.1 Å². The van der Waals surface area contributed by atoms with Crippen LogP contribution in [0, 0.1) is 12.7 Å². The summed E-state index contributed by atoms with van der Waals surface area (Å²) in [6, 6.07) is 9.08. The summed E-state index contributed by atoms with van der Waals surface area (Å²) < 4.78 is 13.9. The molecule has 0 saturated carbocycles. The van der Waals surface area contributed by atoms with Gasteiger partial charge in [0.2, 0.25) is 0 Å². The van der Waals surface area contributed by atoms with Gasteiger partial charge in [-0.25, -0.2) is 4.39 Å². The minimum Gasteiger partial charge on any atom is -0.306 e. The van der Waals surface area contributed by atoms with E-state index >= 15 is 0 Å². The van der Waals surface area contributed by atoms with Crippen LogP contribution in [0.4, 0.5) is 4.39 Å². The van der Waals surface area contributed by atoms with Gasteiger partial charge in [-0.05, 0) is 43.0 Å². The van der Waals surface area contributed by atoms with Gasteiger partial charge in [0.15, 0.2) is 0 Å². The second-order valence-electron chi connectivity index (χ2n) is 4.40. The molecule has 0 aliphatic carbocycles. The van der Waals surface area contributed by atoms with E-state index in [0.717, 1.165) is 24.1 Å². The van der Waals surface area contributed by atoms with Crippen LogP contribution in [0.1, 0.15) is 35.4 Å². The van der Waals surface area contributed by atoms with E-state index in [9.17, 15) is 4.39 Å². The van der Waals surface area contributed by atoms with Crippen molar-refractivity contribution < 1.29 is 4.39 Å². The van der Waals surface area contributed by atoms with Gasteiger partial charge in [-0.3, -0.25) is 0 Å². The van der Waals surface area contributed by atoms with E-state index in [0.29, 0.717) is 0 Å². The van der Waals surface area contributed by atoms with E-state index in [4.69, 9.17) is 0 Å². The smallest absolute Gasteiger partial charge is 0.128 e. The molecule has 0 spiro atoms. The molecule has 96 valence electrons. The molecule has 1 atom stereocenters. The third-order valence-electron chi connectivity index (χ3n) is 2.90. The quantitative estimate of drug-likeness (QED) is 0.848. The molecule has 1 N–H and O–H groups in total. The average molecular weight is 263 g/mol. The van der Waals surface area contributed by atoms with Crippen molar-refractivity contribution in [2.45, 2.75) is 26.3 Å². The van der Waals surface area contributed by atoms with Crippen molar-refractivity contribution in [1.82, 2.24) is 5.32 Å². The minimum atomic E-state index is -0.144. The standard InChI is InChI=1S/C15H18FNS/c1-3-8-17-15(12-9-11(2)18-10-12)13-6-4-5-7-14(13)16/h4-7,9-10,15,17H,3,8H2,1-2H3. The summed E-state index contributed by atoms with van der Waals surface area (Å²) in [6.45, 7) is 5.07. The normalized spacial score (nSPS) is 12.6. The van der Waals surface area contributed by atoms with E-state index in [2.05, 4.69) is 30.6 Å². The lowest BCUT2D eigenvalue weighted by Gasteiger charge is -2.18. The number of aryl methyl sites for hydroxylation is 1. The van der Waals surface area contributed by atoms with Crippen LogP contribution in [0.5, 0.6) is 0 Å². The summed E-state index contributed by atoms with van der Waals surface area (Å²) in [5.74, 6) is -0.144.